The number of fused-ring (bicyclic) bond motifs is 1. The van der Waals surface area contributed by atoms with Gasteiger partial charge in [-0.05, 0) is 6.92 Å². The molecule has 2 heterocycles. The molecule has 2 rings (SSSR count). The van der Waals surface area contributed by atoms with Crippen LogP contribution in [0.5, 0.6) is 0 Å². The van der Waals surface area contributed by atoms with Gasteiger partial charge < -0.3 is 9.32 Å². The smallest absolute Gasteiger partial charge is 0.332 e. The highest BCUT2D eigenvalue weighted by atomic mass is 16.5. The summed E-state index contributed by atoms with van der Waals surface area (Å²) in [5, 5.41) is 6.02. The summed E-state index contributed by atoms with van der Waals surface area (Å²) in [5.74, 6) is -0.722. The normalized spacial score (nSPS) is 10.8. The zero-order valence-electron chi connectivity index (χ0n) is 11.8. The van der Waals surface area contributed by atoms with Crippen molar-refractivity contribution < 1.29 is 14.1 Å². The number of nitrogens with one attached hydrogen (secondary N) is 1. The molecule has 0 radical (unpaired) electrons. The summed E-state index contributed by atoms with van der Waals surface area (Å²) in [5.41, 5.74) is -1.11. The molecule has 0 aliphatic heterocycles. The highest BCUT2D eigenvalue weighted by Gasteiger charge is 2.19. The molecule has 1 amide bonds. The van der Waals surface area contributed by atoms with Gasteiger partial charge in [0.2, 0.25) is 11.8 Å². The van der Waals surface area contributed by atoms with Crippen LogP contribution in [0.1, 0.15) is 19.8 Å². The fraction of sp³-hybridized carbons (Fsp3) is 0.417. The number of anilines is 1. The molecule has 21 heavy (non-hydrogen) atoms. The number of aromatic nitrogens is 3. The number of carbonyl (C=O) groups excluding carboxylic acids is 2. The molecule has 1 N–H and O–H groups in total. The Morgan fingerprint density at radius 1 is 1.19 bits per heavy atom. The lowest BCUT2D eigenvalue weighted by molar-refractivity contribution is -0.121. The second-order valence-electron chi connectivity index (χ2n) is 4.67. The highest BCUT2D eigenvalue weighted by molar-refractivity contribution is 5.98. The van der Waals surface area contributed by atoms with Gasteiger partial charge in [0.05, 0.1) is 0 Å². The summed E-state index contributed by atoms with van der Waals surface area (Å²) in [6.07, 6.45) is 0.0675. The minimum atomic E-state index is -0.615. The number of carbonyl (C=O) groups is 2. The summed E-state index contributed by atoms with van der Waals surface area (Å²) in [6, 6.07) is 0. The Kier molecular flexibility index (Phi) is 3.74. The number of hydrogen-bond acceptors (Lipinski definition) is 6. The first kappa shape index (κ1) is 14.7. The molecule has 9 heteroatoms. The van der Waals surface area contributed by atoms with Crippen molar-refractivity contribution in [2.45, 2.75) is 19.8 Å². The maximum Gasteiger partial charge on any atom is 0.332 e. The zero-order chi connectivity index (χ0) is 15.7. The zero-order valence-corrected chi connectivity index (χ0v) is 11.8. The maximum absolute atomic E-state index is 12.1. The summed E-state index contributed by atoms with van der Waals surface area (Å²) < 4.78 is 6.96. The van der Waals surface area contributed by atoms with Gasteiger partial charge in [-0.25, -0.2) is 4.79 Å². The largest absolute Gasteiger partial charge is 0.335 e. The molecule has 0 saturated heterocycles. The fourth-order valence-electron chi connectivity index (χ4n) is 1.84. The molecule has 9 nitrogen and oxygen atoms in total. The van der Waals surface area contributed by atoms with Crippen LogP contribution in [-0.4, -0.2) is 26.0 Å². The van der Waals surface area contributed by atoms with E-state index in [1.165, 1.54) is 21.0 Å². The molecule has 2 aromatic rings. The molecular weight excluding hydrogens is 280 g/mol. The van der Waals surface area contributed by atoms with Crippen molar-refractivity contribution in [3.05, 3.63) is 20.8 Å². The van der Waals surface area contributed by atoms with Gasteiger partial charge in [-0.2, -0.15) is 0 Å². The van der Waals surface area contributed by atoms with Gasteiger partial charge in [-0.3, -0.25) is 24.0 Å². The van der Waals surface area contributed by atoms with Crippen LogP contribution in [0.2, 0.25) is 0 Å². The summed E-state index contributed by atoms with van der Waals surface area (Å²) in [4.78, 5) is 46.3. The second kappa shape index (κ2) is 5.35. The fourth-order valence-corrected chi connectivity index (χ4v) is 1.84. The molecule has 2 aromatic heterocycles. The number of amides is 1. The van der Waals surface area contributed by atoms with Crippen molar-refractivity contribution in [2.24, 2.45) is 14.1 Å². The van der Waals surface area contributed by atoms with E-state index in [0.29, 0.717) is 0 Å². The number of hydrogen-bond donors (Lipinski definition) is 1. The van der Waals surface area contributed by atoms with Crippen molar-refractivity contribution in [3.8, 4) is 0 Å². The third-order valence-corrected chi connectivity index (χ3v) is 3.04. The van der Waals surface area contributed by atoms with E-state index in [2.05, 4.69) is 10.5 Å². The van der Waals surface area contributed by atoms with Crippen LogP contribution in [0.15, 0.2) is 14.1 Å². The van der Waals surface area contributed by atoms with Gasteiger partial charge >= 0.3 is 5.69 Å². The minimum Gasteiger partial charge on any atom is -0.335 e. The lowest BCUT2D eigenvalue weighted by Gasteiger charge is -2.03. The lowest BCUT2D eigenvalue weighted by Crippen LogP contribution is -2.37. The predicted octanol–water partition coefficient (Wildman–Crippen LogP) is -0.467. The molecule has 0 unspecified atom stereocenters. The first-order valence-corrected chi connectivity index (χ1v) is 6.17. The minimum absolute atomic E-state index is 0.00998. The van der Waals surface area contributed by atoms with Crippen LogP contribution in [0.4, 0.5) is 5.88 Å². The van der Waals surface area contributed by atoms with E-state index in [1.54, 1.807) is 0 Å². The van der Waals surface area contributed by atoms with Crippen molar-refractivity contribution in [1.29, 1.82) is 0 Å². The summed E-state index contributed by atoms with van der Waals surface area (Å²) >= 11 is 0. The Balaban J connectivity index is 2.43. The van der Waals surface area contributed by atoms with Gasteiger partial charge in [0.15, 0.2) is 5.65 Å². The molecule has 0 aliphatic rings. The van der Waals surface area contributed by atoms with Crippen LogP contribution in [0, 0.1) is 0 Å². The molecular formula is C12H14N4O5. The van der Waals surface area contributed by atoms with Crippen LogP contribution in [0.3, 0.4) is 0 Å². The standard InChI is InChI=1S/C12H14N4O5/c1-6(17)4-5-7(18)13-10-8-9(14-21-10)15(2)12(20)16(3)11(8)19/h4-5H2,1-3H3,(H,13,18). The monoisotopic (exact) mass is 294 g/mol. The van der Waals surface area contributed by atoms with E-state index in [9.17, 15) is 19.2 Å². The molecule has 0 aromatic carbocycles. The van der Waals surface area contributed by atoms with Crippen LogP contribution in [0.25, 0.3) is 11.0 Å². The van der Waals surface area contributed by atoms with E-state index in [0.717, 1.165) is 9.13 Å². The number of aryl methyl sites for hydroxylation is 1. The SMILES string of the molecule is CC(=O)CCC(=O)Nc1onc2c1c(=O)n(C)c(=O)n2C. The van der Waals surface area contributed by atoms with E-state index in [4.69, 9.17) is 4.52 Å². The summed E-state index contributed by atoms with van der Waals surface area (Å²) in [6.45, 7) is 1.38. The molecule has 0 atom stereocenters. The third-order valence-electron chi connectivity index (χ3n) is 3.04. The average Bonchev–Trinajstić information content (AvgIpc) is 2.84. The number of nitrogens with zero attached hydrogens (tertiary/aromatic N) is 3. The number of rotatable bonds is 4. The highest BCUT2D eigenvalue weighted by Crippen LogP contribution is 2.18. The Morgan fingerprint density at radius 2 is 1.86 bits per heavy atom. The van der Waals surface area contributed by atoms with E-state index < -0.39 is 17.2 Å². The van der Waals surface area contributed by atoms with E-state index in [-0.39, 0.29) is 35.5 Å². The van der Waals surface area contributed by atoms with Crippen molar-refractivity contribution >= 4 is 28.6 Å². The average molecular weight is 294 g/mol. The van der Waals surface area contributed by atoms with Crippen LogP contribution in [-0.2, 0) is 23.7 Å². The summed E-state index contributed by atoms with van der Waals surface area (Å²) in [7, 11) is 2.76. The van der Waals surface area contributed by atoms with Crippen LogP contribution >= 0.6 is 0 Å². The Hall–Kier alpha value is -2.71. The van der Waals surface area contributed by atoms with Gasteiger partial charge in [0.1, 0.15) is 11.2 Å². The van der Waals surface area contributed by atoms with E-state index in [1.807, 2.05) is 0 Å². The first-order valence-electron chi connectivity index (χ1n) is 6.17. The van der Waals surface area contributed by atoms with Gasteiger partial charge in [0.25, 0.3) is 5.56 Å². The Bertz CT molecular complexity index is 842. The molecule has 0 spiro atoms. The molecule has 112 valence electrons. The van der Waals surface area contributed by atoms with Gasteiger partial charge in [0, 0.05) is 26.9 Å². The third kappa shape index (κ3) is 2.62. The van der Waals surface area contributed by atoms with Crippen molar-refractivity contribution in [1.82, 2.24) is 14.3 Å². The first-order chi connectivity index (χ1) is 9.82. The molecule has 0 fully saturated rings. The lowest BCUT2D eigenvalue weighted by atomic mass is 10.2. The van der Waals surface area contributed by atoms with Crippen molar-refractivity contribution in [3.63, 3.8) is 0 Å². The second-order valence-corrected chi connectivity index (χ2v) is 4.67. The predicted molar refractivity (Wildman–Crippen MR) is 73.0 cm³/mol. The Morgan fingerprint density at radius 3 is 2.48 bits per heavy atom. The maximum atomic E-state index is 12.1. The van der Waals surface area contributed by atoms with Gasteiger partial charge in [-0.15, -0.1) is 0 Å². The van der Waals surface area contributed by atoms with Gasteiger partial charge in [-0.1, -0.05) is 5.16 Å². The number of ketones is 1. The quantitative estimate of drug-likeness (QED) is 0.815. The van der Waals surface area contributed by atoms with Crippen molar-refractivity contribution in [2.75, 3.05) is 5.32 Å². The number of Topliss-reactive ketones (excluding diaryl/α,β-unsaturated/α-hetero) is 1. The molecule has 0 bridgehead atoms. The molecule has 0 aliphatic carbocycles. The topological polar surface area (TPSA) is 116 Å². The molecule has 0 saturated carbocycles. The van der Waals surface area contributed by atoms with Crippen LogP contribution < -0.4 is 16.6 Å². The van der Waals surface area contributed by atoms with E-state index >= 15 is 0 Å². The Labute approximate surface area is 118 Å².